The molecule has 2 aliphatic heterocycles. The number of hydrogen-bond acceptors (Lipinski definition) is 3. The summed E-state index contributed by atoms with van der Waals surface area (Å²) in [4.78, 5) is 14.2. The van der Waals surface area contributed by atoms with E-state index in [0.717, 1.165) is 38.9 Å². The van der Waals surface area contributed by atoms with E-state index in [1.165, 1.54) is 0 Å². The molecule has 2 rings (SSSR count). The molecule has 2 aliphatic rings. The van der Waals surface area contributed by atoms with E-state index in [9.17, 15) is 4.79 Å². The molecule has 86 valence electrons. The summed E-state index contributed by atoms with van der Waals surface area (Å²) in [5, 5.41) is 3.24. The van der Waals surface area contributed by atoms with Gasteiger partial charge in [-0.1, -0.05) is 0 Å². The zero-order chi connectivity index (χ0) is 10.7. The first-order valence-corrected chi connectivity index (χ1v) is 5.83. The highest BCUT2D eigenvalue weighted by Gasteiger charge is 2.33. The third kappa shape index (κ3) is 2.32. The van der Waals surface area contributed by atoms with Gasteiger partial charge in [-0.05, 0) is 25.8 Å². The van der Waals surface area contributed by atoms with Crippen molar-refractivity contribution in [3.8, 4) is 0 Å². The number of rotatable bonds is 3. The monoisotopic (exact) mass is 212 g/mol. The highest BCUT2D eigenvalue weighted by atomic mass is 16.5. The first-order valence-electron chi connectivity index (χ1n) is 5.83. The second kappa shape index (κ2) is 4.94. The molecule has 2 heterocycles. The van der Waals surface area contributed by atoms with Crippen molar-refractivity contribution in [2.75, 3.05) is 33.4 Å². The van der Waals surface area contributed by atoms with Crippen molar-refractivity contribution in [2.24, 2.45) is 5.92 Å². The lowest BCUT2D eigenvalue weighted by molar-refractivity contribution is -0.136. The Kier molecular flexibility index (Phi) is 3.59. The number of ether oxygens (including phenoxy) is 1. The van der Waals surface area contributed by atoms with Crippen LogP contribution in [0.5, 0.6) is 0 Å². The molecule has 0 aromatic rings. The van der Waals surface area contributed by atoms with Crippen LogP contribution >= 0.6 is 0 Å². The summed E-state index contributed by atoms with van der Waals surface area (Å²) < 4.78 is 5.16. The summed E-state index contributed by atoms with van der Waals surface area (Å²) in [7, 11) is 1.71. The Morgan fingerprint density at radius 2 is 2.40 bits per heavy atom. The van der Waals surface area contributed by atoms with Crippen molar-refractivity contribution in [1.82, 2.24) is 10.2 Å². The van der Waals surface area contributed by atoms with E-state index < -0.39 is 0 Å². The number of methoxy groups -OCH3 is 1. The minimum atomic E-state index is 0.211. The number of nitrogens with zero attached hydrogens (tertiary/aromatic N) is 1. The number of likely N-dealkylation sites (tertiary alicyclic amines) is 1. The topological polar surface area (TPSA) is 41.6 Å². The van der Waals surface area contributed by atoms with E-state index in [4.69, 9.17) is 4.74 Å². The summed E-state index contributed by atoms with van der Waals surface area (Å²) in [6.45, 7) is 3.45. The van der Waals surface area contributed by atoms with Gasteiger partial charge in [-0.15, -0.1) is 0 Å². The Labute approximate surface area is 91.0 Å². The highest BCUT2D eigenvalue weighted by Crippen LogP contribution is 2.22. The molecule has 0 aromatic carbocycles. The Morgan fingerprint density at radius 3 is 3.07 bits per heavy atom. The molecule has 0 aromatic heterocycles. The van der Waals surface area contributed by atoms with Crippen molar-refractivity contribution in [1.29, 1.82) is 0 Å². The van der Waals surface area contributed by atoms with Crippen LogP contribution in [0.2, 0.25) is 0 Å². The maximum absolute atomic E-state index is 12.2. The van der Waals surface area contributed by atoms with Crippen molar-refractivity contribution in [3.05, 3.63) is 0 Å². The predicted molar refractivity (Wildman–Crippen MR) is 57.6 cm³/mol. The van der Waals surface area contributed by atoms with E-state index in [0.29, 0.717) is 18.6 Å². The van der Waals surface area contributed by atoms with Gasteiger partial charge in [-0.2, -0.15) is 0 Å². The van der Waals surface area contributed by atoms with Crippen molar-refractivity contribution < 1.29 is 9.53 Å². The van der Waals surface area contributed by atoms with Crippen LogP contribution in [0.15, 0.2) is 0 Å². The molecule has 2 atom stereocenters. The normalized spacial score (nSPS) is 31.1. The molecule has 0 aliphatic carbocycles. The molecule has 1 amide bonds. The first kappa shape index (κ1) is 10.9. The lowest BCUT2D eigenvalue weighted by Crippen LogP contribution is -2.42. The maximum Gasteiger partial charge on any atom is 0.227 e. The largest absolute Gasteiger partial charge is 0.383 e. The van der Waals surface area contributed by atoms with E-state index in [1.54, 1.807) is 7.11 Å². The molecule has 4 heteroatoms. The molecule has 2 fully saturated rings. The fourth-order valence-electron chi connectivity index (χ4n) is 2.59. The summed E-state index contributed by atoms with van der Waals surface area (Å²) in [6.07, 6.45) is 3.22. The van der Waals surface area contributed by atoms with Crippen molar-refractivity contribution in [2.45, 2.75) is 25.3 Å². The van der Waals surface area contributed by atoms with Crippen LogP contribution in [0.25, 0.3) is 0 Å². The van der Waals surface area contributed by atoms with Gasteiger partial charge in [-0.25, -0.2) is 0 Å². The summed E-state index contributed by atoms with van der Waals surface area (Å²) in [5.74, 6) is 0.544. The molecule has 15 heavy (non-hydrogen) atoms. The molecule has 0 spiro atoms. The molecular formula is C11H20N2O2. The first-order chi connectivity index (χ1) is 7.33. The highest BCUT2D eigenvalue weighted by molar-refractivity contribution is 5.80. The molecule has 2 saturated heterocycles. The van der Waals surface area contributed by atoms with Crippen LogP contribution in [-0.4, -0.2) is 50.2 Å². The van der Waals surface area contributed by atoms with Crippen LogP contribution in [0.3, 0.4) is 0 Å². The van der Waals surface area contributed by atoms with E-state index in [-0.39, 0.29) is 5.92 Å². The summed E-state index contributed by atoms with van der Waals surface area (Å²) >= 11 is 0. The quantitative estimate of drug-likeness (QED) is 0.728. The van der Waals surface area contributed by atoms with Gasteiger partial charge in [0.2, 0.25) is 5.91 Å². The second-order valence-corrected chi connectivity index (χ2v) is 4.47. The van der Waals surface area contributed by atoms with E-state index >= 15 is 0 Å². The summed E-state index contributed by atoms with van der Waals surface area (Å²) in [5.41, 5.74) is 0. The Hall–Kier alpha value is -0.610. The molecule has 4 nitrogen and oxygen atoms in total. The Bertz CT molecular complexity index is 227. The molecule has 0 bridgehead atoms. The van der Waals surface area contributed by atoms with Crippen LogP contribution in [-0.2, 0) is 9.53 Å². The molecular weight excluding hydrogens is 192 g/mol. The lowest BCUT2D eigenvalue weighted by atomic mass is 10.1. The maximum atomic E-state index is 12.2. The Balaban J connectivity index is 1.92. The minimum absolute atomic E-state index is 0.211. The third-order valence-electron chi connectivity index (χ3n) is 3.43. The van der Waals surface area contributed by atoms with Gasteiger partial charge in [0.1, 0.15) is 0 Å². The van der Waals surface area contributed by atoms with Crippen LogP contribution in [0.1, 0.15) is 19.3 Å². The lowest BCUT2D eigenvalue weighted by Gasteiger charge is -2.26. The fourth-order valence-corrected chi connectivity index (χ4v) is 2.59. The van der Waals surface area contributed by atoms with Crippen LogP contribution < -0.4 is 5.32 Å². The number of carbonyl (C=O) groups is 1. The van der Waals surface area contributed by atoms with Gasteiger partial charge in [0.05, 0.1) is 18.6 Å². The van der Waals surface area contributed by atoms with Gasteiger partial charge >= 0.3 is 0 Å². The molecule has 1 N–H and O–H groups in total. The SMILES string of the molecule is COC[C@@H]1CCCN1C(=O)[C@@H]1CCNC1. The molecule has 0 unspecified atom stereocenters. The average molecular weight is 212 g/mol. The zero-order valence-corrected chi connectivity index (χ0v) is 9.37. The summed E-state index contributed by atoms with van der Waals surface area (Å²) in [6, 6.07) is 0.322. The number of nitrogens with one attached hydrogen (secondary N) is 1. The average Bonchev–Trinajstić information content (AvgIpc) is 2.87. The van der Waals surface area contributed by atoms with Gasteiger partial charge in [0, 0.05) is 20.2 Å². The molecule has 0 saturated carbocycles. The predicted octanol–water partition coefficient (Wildman–Crippen LogP) is 0.233. The number of amides is 1. The second-order valence-electron chi connectivity index (χ2n) is 4.47. The van der Waals surface area contributed by atoms with E-state index in [1.807, 2.05) is 4.90 Å². The van der Waals surface area contributed by atoms with E-state index in [2.05, 4.69) is 5.32 Å². The van der Waals surface area contributed by atoms with Gasteiger partial charge in [0.15, 0.2) is 0 Å². The third-order valence-corrected chi connectivity index (χ3v) is 3.43. The smallest absolute Gasteiger partial charge is 0.227 e. The van der Waals surface area contributed by atoms with Gasteiger partial charge in [0.25, 0.3) is 0 Å². The Morgan fingerprint density at radius 1 is 1.53 bits per heavy atom. The zero-order valence-electron chi connectivity index (χ0n) is 9.37. The van der Waals surface area contributed by atoms with Gasteiger partial charge < -0.3 is 15.0 Å². The fraction of sp³-hybridized carbons (Fsp3) is 0.909. The van der Waals surface area contributed by atoms with Crippen LogP contribution in [0.4, 0.5) is 0 Å². The van der Waals surface area contributed by atoms with Crippen LogP contribution in [0, 0.1) is 5.92 Å². The minimum Gasteiger partial charge on any atom is -0.383 e. The van der Waals surface area contributed by atoms with Crippen molar-refractivity contribution >= 4 is 5.91 Å². The van der Waals surface area contributed by atoms with Gasteiger partial charge in [-0.3, -0.25) is 4.79 Å². The standard InChI is InChI=1S/C11H20N2O2/c1-15-8-10-3-2-6-13(10)11(14)9-4-5-12-7-9/h9-10,12H,2-8H2,1H3/t9-,10+/m1/s1. The number of hydrogen-bond donors (Lipinski definition) is 1. The number of carbonyl (C=O) groups excluding carboxylic acids is 1. The van der Waals surface area contributed by atoms with Crippen molar-refractivity contribution in [3.63, 3.8) is 0 Å². The molecule has 0 radical (unpaired) electrons.